The zero-order valence-electron chi connectivity index (χ0n) is 10.3. The summed E-state index contributed by atoms with van der Waals surface area (Å²) in [5.41, 5.74) is 4.76. The molecular formula is C13H15FN2O3. The summed E-state index contributed by atoms with van der Waals surface area (Å²) in [5.74, 6) is -2.18. The first-order chi connectivity index (χ1) is 8.98. The Bertz CT molecular complexity index is 521. The Hall–Kier alpha value is -1.95. The van der Waals surface area contributed by atoms with Crippen LogP contribution in [0.2, 0.25) is 0 Å². The first kappa shape index (κ1) is 13.5. The van der Waals surface area contributed by atoms with Crippen LogP contribution in [-0.4, -0.2) is 23.5 Å². The third-order valence-electron chi connectivity index (χ3n) is 3.64. The molecule has 1 saturated carbocycles. The molecule has 0 atom stereocenters. The van der Waals surface area contributed by atoms with Gasteiger partial charge in [0.1, 0.15) is 5.82 Å². The van der Waals surface area contributed by atoms with Crippen molar-refractivity contribution < 1.29 is 19.1 Å². The van der Waals surface area contributed by atoms with Crippen LogP contribution >= 0.6 is 0 Å². The smallest absolute Gasteiger partial charge is 0.335 e. The molecule has 0 aromatic heterocycles. The molecule has 4 N–H and O–H groups in total. The van der Waals surface area contributed by atoms with Gasteiger partial charge in [0.15, 0.2) is 0 Å². The van der Waals surface area contributed by atoms with Gasteiger partial charge >= 0.3 is 5.97 Å². The number of benzene rings is 1. The normalized spacial score (nSPS) is 16.5. The molecule has 0 bridgehead atoms. The lowest BCUT2D eigenvalue weighted by atomic mass is 9.68. The van der Waals surface area contributed by atoms with Gasteiger partial charge in [-0.1, -0.05) is 6.42 Å². The quantitative estimate of drug-likeness (QED) is 0.771. The van der Waals surface area contributed by atoms with Gasteiger partial charge in [0.05, 0.1) is 16.7 Å². The van der Waals surface area contributed by atoms with Crippen molar-refractivity contribution in [3.63, 3.8) is 0 Å². The third kappa shape index (κ3) is 2.44. The molecule has 2 rings (SSSR count). The van der Waals surface area contributed by atoms with Gasteiger partial charge in [-0.2, -0.15) is 0 Å². The maximum Gasteiger partial charge on any atom is 0.335 e. The van der Waals surface area contributed by atoms with E-state index in [2.05, 4.69) is 5.32 Å². The van der Waals surface area contributed by atoms with Crippen LogP contribution in [0.1, 0.15) is 29.6 Å². The number of rotatable bonds is 4. The number of carboxylic acids is 1. The highest BCUT2D eigenvalue weighted by Crippen LogP contribution is 2.41. The van der Waals surface area contributed by atoms with Crippen LogP contribution in [0, 0.1) is 11.2 Å². The largest absolute Gasteiger partial charge is 0.478 e. The Balaban J connectivity index is 2.21. The number of halogens is 1. The molecule has 6 heteroatoms. The van der Waals surface area contributed by atoms with Crippen LogP contribution in [0.15, 0.2) is 18.2 Å². The molecule has 0 radical (unpaired) electrons. The van der Waals surface area contributed by atoms with Crippen molar-refractivity contribution >= 4 is 17.6 Å². The zero-order chi connectivity index (χ0) is 14.0. The molecular weight excluding hydrogens is 251 g/mol. The van der Waals surface area contributed by atoms with E-state index in [1.807, 2.05) is 0 Å². The van der Waals surface area contributed by atoms with Crippen molar-refractivity contribution in [2.24, 2.45) is 11.1 Å². The molecule has 1 aromatic carbocycles. The fourth-order valence-corrected chi connectivity index (χ4v) is 2.14. The molecule has 1 aliphatic carbocycles. The van der Waals surface area contributed by atoms with Gasteiger partial charge in [0.2, 0.25) is 5.91 Å². The van der Waals surface area contributed by atoms with Crippen LogP contribution in [0.4, 0.5) is 10.1 Å². The Labute approximate surface area is 109 Å². The molecule has 1 amide bonds. The molecule has 0 saturated heterocycles. The Kier molecular flexibility index (Phi) is 3.53. The number of hydrogen-bond acceptors (Lipinski definition) is 3. The minimum absolute atomic E-state index is 0.0768. The van der Waals surface area contributed by atoms with Crippen LogP contribution in [0.3, 0.4) is 0 Å². The lowest BCUT2D eigenvalue weighted by molar-refractivity contribution is -0.129. The van der Waals surface area contributed by atoms with E-state index < -0.39 is 17.2 Å². The monoisotopic (exact) mass is 266 g/mol. The first-order valence-electron chi connectivity index (χ1n) is 6.03. The second kappa shape index (κ2) is 4.97. The highest BCUT2D eigenvalue weighted by Gasteiger charge is 2.43. The van der Waals surface area contributed by atoms with Gasteiger partial charge in [-0.25, -0.2) is 9.18 Å². The summed E-state index contributed by atoms with van der Waals surface area (Å²) in [5, 5.41) is 11.3. The second-order valence-corrected chi connectivity index (χ2v) is 4.79. The number of nitrogens with two attached hydrogens (primary N) is 1. The van der Waals surface area contributed by atoms with Crippen LogP contribution in [0.25, 0.3) is 0 Å². The lowest BCUT2D eigenvalue weighted by Gasteiger charge is -2.39. The van der Waals surface area contributed by atoms with Crippen molar-refractivity contribution in [2.45, 2.75) is 19.3 Å². The lowest BCUT2D eigenvalue weighted by Crippen LogP contribution is -2.47. The minimum atomic E-state index is -1.17. The zero-order valence-corrected chi connectivity index (χ0v) is 10.3. The van der Waals surface area contributed by atoms with Crippen LogP contribution in [-0.2, 0) is 4.79 Å². The van der Waals surface area contributed by atoms with Crippen molar-refractivity contribution in [2.75, 3.05) is 11.9 Å². The van der Waals surface area contributed by atoms with E-state index >= 15 is 0 Å². The predicted molar refractivity (Wildman–Crippen MR) is 67.3 cm³/mol. The summed E-state index contributed by atoms with van der Waals surface area (Å²) in [7, 11) is 0. The van der Waals surface area contributed by atoms with Crippen molar-refractivity contribution in [1.29, 1.82) is 0 Å². The predicted octanol–water partition coefficient (Wildman–Crippen LogP) is 1.59. The maximum absolute atomic E-state index is 13.6. The van der Waals surface area contributed by atoms with Crippen LogP contribution in [0.5, 0.6) is 0 Å². The van der Waals surface area contributed by atoms with Gasteiger partial charge in [0, 0.05) is 6.54 Å². The topological polar surface area (TPSA) is 92.4 Å². The molecule has 5 nitrogen and oxygen atoms in total. The first-order valence-corrected chi connectivity index (χ1v) is 6.03. The van der Waals surface area contributed by atoms with E-state index in [-0.39, 0.29) is 23.7 Å². The van der Waals surface area contributed by atoms with Gasteiger partial charge < -0.3 is 16.2 Å². The van der Waals surface area contributed by atoms with Gasteiger partial charge in [0.25, 0.3) is 0 Å². The minimum Gasteiger partial charge on any atom is -0.478 e. The van der Waals surface area contributed by atoms with Crippen molar-refractivity contribution in [1.82, 2.24) is 0 Å². The summed E-state index contributed by atoms with van der Waals surface area (Å²) in [6, 6.07) is 3.28. The molecule has 1 aromatic rings. The fourth-order valence-electron chi connectivity index (χ4n) is 2.14. The van der Waals surface area contributed by atoms with Crippen LogP contribution < -0.4 is 11.1 Å². The molecule has 0 heterocycles. The number of carboxylic acid groups (broad SMARTS) is 1. The summed E-state index contributed by atoms with van der Waals surface area (Å²) >= 11 is 0. The third-order valence-corrected chi connectivity index (χ3v) is 3.64. The molecule has 102 valence electrons. The van der Waals surface area contributed by atoms with Crippen molar-refractivity contribution in [3.8, 4) is 0 Å². The molecule has 0 unspecified atom stereocenters. The summed E-state index contributed by atoms with van der Waals surface area (Å²) < 4.78 is 13.6. The van der Waals surface area contributed by atoms with E-state index in [1.165, 1.54) is 0 Å². The summed E-state index contributed by atoms with van der Waals surface area (Å²) in [6.45, 7) is 0.207. The molecule has 0 aliphatic heterocycles. The summed E-state index contributed by atoms with van der Waals surface area (Å²) in [4.78, 5) is 22.9. The average molecular weight is 266 g/mol. The van der Waals surface area contributed by atoms with E-state index in [0.717, 1.165) is 24.6 Å². The van der Waals surface area contributed by atoms with E-state index in [4.69, 9.17) is 10.8 Å². The van der Waals surface area contributed by atoms with Gasteiger partial charge in [-0.05, 0) is 31.0 Å². The number of hydrogen-bond donors (Lipinski definition) is 3. The van der Waals surface area contributed by atoms with Gasteiger partial charge in [-0.3, -0.25) is 4.79 Å². The Morgan fingerprint density at radius 2 is 2.11 bits per heavy atom. The average Bonchev–Trinajstić information content (AvgIpc) is 2.31. The second-order valence-electron chi connectivity index (χ2n) is 4.79. The molecule has 19 heavy (non-hydrogen) atoms. The fraction of sp³-hybridized carbons (Fsp3) is 0.385. The summed E-state index contributed by atoms with van der Waals surface area (Å²) in [6.07, 6.45) is 2.27. The SMILES string of the molecule is NCC1(C(=O)Nc2cc(C(=O)O)ccc2F)CCC1. The number of carbonyl (C=O) groups is 2. The Morgan fingerprint density at radius 3 is 2.58 bits per heavy atom. The molecule has 1 aliphatic rings. The standard InChI is InChI=1S/C13H15FN2O3/c14-9-3-2-8(11(17)18)6-10(9)16-12(19)13(7-15)4-1-5-13/h2-3,6H,1,4-5,7,15H2,(H,16,19)(H,17,18). The number of aromatic carboxylic acids is 1. The van der Waals surface area contributed by atoms with Gasteiger partial charge in [-0.15, -0.1) is 0 Å². The highest BCUT2D eigenvalue weighted by atomic mass is 19.1. The van der Waals surface area contributed by atoms with E-state index in [9.17, 15) is 14.0 Å². The molecule has 0 spiro atoms. The number of anilines is 1. The van der Waals surface area contributed by atoms with Crippen molar-refractivity contribution in [3.05, 3.63) is 29.6 Å². The maximum atomic E-state index is 13.6. The highest BCUT2D eigenvalue weighted by molar-refractivity contribution is 5.97. The number of nitrogens with one attached hydrogen (secondary N) is 1. The Morgan fingerprint density at radius 1 is 1.42 bits per heavy atom. The van der Waals surface area contributed by atoms with E-state index in [1.54, 1.807) is 0 Å². The number of amides is 1. The molecule has 1 fully saturated rings. The number of carbonyl (C=O) groups excluding carboxylic acids is 1. The van der Waals surface area contributed by atoms with E-state index in [0.29, 0.717) is 12.8 Å².